The van der Waals surface area contributed by atoms with Gasteiger partial charge in [0, 0.05) is 0 Å². The molecule has 23 heavy (non-hydrogen) atoms. The molecule has 1 unspecified atom stereocenters. The van der Waals surface area contributed by atoms with Gasteiger partial charge < -0.3 is 64.0 Å². The summed E-state index contributed by atoms with van der Waals surface area (Å²) in [5.41, 5.74) is 0. The van der Waals surface area contributed by atoms with Crippen molar-refractivity contribution in [2.75, 3.05) is 13.2 Å². The fourth-order valence-electron chi connectivity index (χ4n) is 0.472. The van der Waals surface area contributed by atoms with Crippen molar-refractivity contribution in [2.45, 2.75) is 18.3 Å². The molecule has 3 atom stereocenters. The Morgan fingerprint density at radius 3 is 0.870 bits per heavy atom. The van der Waals surface area contributed by atoms with E-state index in [4.69, 9.17) is 64.0 Å². The molecule has 0 aliphatic carbocycles. The molecule has 0 aromatic heterocycles. The molecule has 0 aliphatic rings. The molecule has 0 saturated carbocycles. The van der Waals surface area contributed by atoms with Gasteiger partial charge in [-0.05, 0) is 0 Å². The van der Waals surface area contributed by atoms with E-state index in [1.54, 1.807) is 0 Å². The third kappa shape index (κ3) is 58.5. The molecular formula is C5H12Ca3O13P2. The molecule has 0 aromatic carbocycles. The van der Waals surface area contributed by atoms with Crippen LogP contribution in [0.15, 0.2) is 0 Å². The number of aliphatic hydroxyl groups excluding tert-OH is 5. The first-order valence-electron chi connectivity index (χ1n) is 4.35. The summed E-state index contributed by atoms with van der Waals surface area (Å²) in [5.74, 6) is 0. The van der Waals surface area contributed by atoms with Gasteiger partial charge in [0.05, 0.1) is 13.2 Å². The Bertz CT molecular complexity index is 274. The van der Waals surface area contributed by atoms with E-state index in [9.17, 15) is 0 Å². The molecule has 5 N–H and O–H groups in total. The van der Waals surface area contributed by atoms with Crippen LogP contribution in [0, 0.1) is 0 Å². The third-order valence-corrected chi connectivity index (χ3v) is 1.16. The number of rotatable bonds is 4. The van der Waals surface area contributed by atoms with Gasteiger partial charge in [0.2, 0.25) is 0 Å². The Labute approximate surface area is 220 Å². The Balaban J connectivity index is -0.0000000483. The van der Waals surface area contributed by atoms with Crippen LogP contribution in [0.1, 0.15) is 0 Å². The summed E-state index contributed by atoms with van der Waals surface area (Å²) in [4.78, 5) is 51.3. The van der Waals surface area contributed by atoms with Gasteiger partial charge in [0.15, 0.2) is 0 Å². The van der Waals surface area contributed by atoms with Gasteiger partial charge in [-0.3, -0.25) is 0 Å². The molecule has 0 amide bonds. The summed E-state index contributed by atoms with van der Waals surface area (Å²) in [6, 6.07) is 0. The minimum Gasteiger partial charge on any atom is -0.822 e. The van der Waals surface area contributed by atoms with E-state index in [0.717, 1.165) is 0 Å². The standard InChI is InChI=1S/C5H12O5.3Ca.2H3O4P/c6-1-3(8)5(10)4(9)2-7;;;;2*1-5(2,3)4/h3-10H,1-2H2;;;;2*(H3,1,2,3,4)/q;3*+2;;/p-6/t3-,4+,5?;;;;;. The average molecular weight is 462 g/mol. The largest absolute Gasteiger partial charge is 2.00 e. The Morgan fingerprint density at radius 2 is 0.783 bits per heavy atom. The van der Waals surface area contributed by atoms with Crippen molar-refractivity contribution < 1.29 is 64.0 Å². The van der Waals surface area contributed by atoms with E-state index in [1.807, 2.05) is 0 Å². The van der Waals surface area contributed by atoms with Crippen LogP contribution in [0.4, 0.5) is 0 Å². The van der Waals surface area contributed by atoms with Crippen LogP contribution in [0.5, 0.6) is 0 Å². The fourth-order valence-corrected chi connectivity index (χ4v) is 0.472. The smallest absolute Gasteiger partial charge is 0.822 e. The Kier molecular flexibility index (Phi) is 39.6. The maximum Gasteiger partial charge on any atom is 2.00 e. The Hall–Kier alpha value is 3.80. The SMILES string of the molecule is O=P([O-])([O-])[O-].O=P([O-])([O-])[O-].OC[C@@H](O)C(O)[C@@H](O)CO.[Ca+2].[Ca+2].[Ca+2]. The van der Waals surface area contributed by atoms with E-state index >= 15 is 0 Å². The zero-order valence-corrected chi connectivity index (χ0v) is 20.1. The van der Waals surface area contributed by atoms with E-state index in [-0.39, 0.29) is 113 Å². The average Bonchev–Trinajstić information content (AvgIpc) is 2.21. The van der Waals surface area contributed by atoms with Gasteiger partial charge in [-0.15, -0.1) is 0 Å². The van der Waals surface area contributed by atoms with Gasteiger partial charge in [-0.2, -0.15) is 15.6 Å². The van der Waals surface area contributed by atoms with Gasteiger partial charge in [0.1, 0.15) is 18.3 Å². The van der Waals surface area contributed by atoms with Gasteiger partial charge in [-0.25, -0.2) is 0 Å². The molecule has 126 valence electrons. The van der Waals surface area contributed by atoms with Gasteiger partial charge in [0.25, 0.3) is 0 Å². The molecule has 0 radical (unpaired) electrons. The first-order valence-corrected chi connectivity index (χ1v) is 7.27. The van der Waals surface area contributed by atoms with Crippen molar-refractivity contribution in [3.63, 3.8) is 0 Å². The summed E-state index contributed by atoms with van der Waals surface area (Å²) in [6.45, 7) is -1.28. The molecule has 18 heteroatoms. The van der Waals surface area contributed by atoms with Crippen molar-refractivity contribution >= 4 is 129 Å². The number of aliphatic hydroxyl groups is 5. The molecule has 0 spiro atoms. The second-order valence-corrected chi connectivity index (χ2v) is 4.67. The maximum atomic E-state index is 8.77. The summed E-state index contributed by atoms with van der Waals surface area (Å²) in [6.07, 6.45) is -4.29. The third-order valence-electron chi connectivity index (χ3n) is 1.16. The first kappa shape index (κ1) is 41.2. The topological polar surface area (TPSA) is 274 Å². The molecule has 0 aromatic rings. The van der Waals surface area contributed by atoms with Gasteiger partial charge >= 0.3 is 113 Å². The minimum absolute atomic E-state index is 0. The zero-order chi connectivity index (χ0) is 17.1. The maximum absolute atomic E-state index is 8.77. The van der Waals surface area contributed by atoms with E-state index < -0.39 is 47.2 Å². The molecule has 0 aliphatic heterocycles. The van der Waals surface area contributed by atoms with Crippen LogP contribution in [-0.4, -0.2) is 170 Å². The second kappa shape index (κ2) is 22.1. The minimum atomic E-state index is -5.39. The second-order valence-electron chi connectivity index (χ2n) is 2.88. The van der Waals surface area contributed by atoms with Crippen molar-refractivity contribution in [1.29, 1.82) is 0 Å². The number of hydrogen-bond acceptors (Lipinski definition) is 13. The summed E-state index contributed by atoms with van der Waals surface area (Å²) in [7, 11) is -10.8. The summed E-state index contributed by atoms with van der Waals surface area (Å²) >= 11 is 0. The van der Waals surface area contributed by atoms with Crippen LogP contribution in [0.2, 0.25) is 0 Å². The van der Waals surface area contributed by atoms with E-state index in [2.05, 4.69) is 0 Å². The normalized spacial score (nSPS) is 13.9. The van der Waals surface area contributed by atoms with Crippen molar-refractivity contribution in [3.8, 4) is 0 Å². The molecule has 0 rings (SSSR count). The van der Waals surface area contributed by atoms with Crippen LogP contribution >= 0.6 is 15.6 Å². The molecule has 0 heterocycles. The summed E-state index contributed by atoms with van der Waals surface area (Å²) in [5, 5.41) is 42.6. The van der Waals surface area contributed by atoms with E-state index in [0.29, 0.717) is 0 Å². The zero-order valence-electron chi connectivity index (χ0n) is 11.7. The van der Waals surface area contributed by atoms with Crippen LogP contribution < -0.4 is 29.4 Å². The first-order chi connectivity index (χ1) is 8.63. The quantitative estimate of drug-likeness (QED) is 0.192. The van der Waals surface area contributed by atoms with E-state index in [1.165, 1.54) is 0 Å². The summed E-state index contributed by atoms with van der Waals surface area (Å²) < 4.78 is 17.1. The van der Waals surface area contributed by atoms with Gasteiger partial charge in [-0.1, -0.05) is 0 Å². The van der Waals surface area contributed by atoms with Crippen molar-refractivity contribution in [3.05, 3.63) is 0 Å². The van der Waals surface area contributed by atoms with Crippen molar-refractivity contribution in [1.82, 2.24) is 0 Å². The molecule has 0 saturated heterocycles. The molecule has 0 fully saturated rings. The van der Waals surface area contributed by atoms with Crippen LogP contribution in [-0.2, 0) is 9.13 Å². The predicted molar refractivity (Wildman–Crippen MR) is 64.7 cm³/mol. The monoisotopic (exact) mass is 462 g/mol. The fraction of sp³-hybridized carbons (Fsp3) is 1.00. The predicted octanol–water partition coefficient (Wildman–Crippen LogP) is -9.74. The number of hydrogen-bond donors (Lipinski definition) is 5. The molecular weight excluding hydrogens is 450 g/mol. The molecule has 13 nitrogen and oxygen atoms in total. The van der Waals surface area contributed by atoms with Crippen LogP contribution in [0.25, 0.3) is 0 Å². The van der Waals surface area contributed by atoms with Crippen molar-refractivity contribution in [2.24, 2.45) is 0 Å². The molecule has 0 bridgehead atoms. The van der Waals surface area contributed by atoms with Crippen LogP contribution in [0.3, 0.4) is 0 Å². The number of phosphoric acid groups is 2. The Morgan fingerprint density at radius 1 is 0.652 bits per heavy atom.